The molecule has 2 aliphatic rings. The second-order valence-corrected chi connectivity index (χ2v) is 6.55. The lowest BCUT2D eigenvalue weighted by Crippen LogP contribution is -2.38. The first-order valence-electron chi connectivity index (χ1n) is 8.99. The lowest BCUT2D eigenvalue weighted by atomic mass is 10.1. The Labute approximate surface area is 142 Å². The van der Waals surface area contributed by atoms with Gasteiger partial charge in [0.15, 0.2) is 17.0 Å². The van der Waals surface area contributed by atoms with Crippen molar-refractivity contribution in [2.45, 2.75) is 51.4 Å². The van der Waals surface area contributed by atoms with Gasteiger partial charge in [0.05, 0.1) is 25.1 Å². The summed E-state index contributed by atoms with van der Waals surface area (Å²) in [7, 11) is 0. The molecule has 1 unspecified atom stereocenters. The predicted molar refractivity (Wildman–Crippen MR) is 91.2 cm³/mol. The van der Waals surface area contributed by atoms with Gasteiger partial charge in [-0.15, -0.1) is 0 Å². The van der Waals surface area contributed by atoms with E-state index in [-0.39, 0.29) is 0 Å². The number of anilines is 1. The topological polar surface area (TPSA) is 65.3 Å². The quantitative estimate of drug-likeness (QED) is 0.835. The Kier molecular flexibility index (Phi) is 4.62. The van der Waals surface area contributed by atoms with E-state index in [4.69, 9.17) is 9.47 Å². The first-order chi connectivity index (χ1) is 11.8. The van der Waals surface area contributed by atoms with Crippen LogP contribution >= 0.6 is 0 Å². The van der Waals surface area contributed by atoms with Crippen molar-refractivity contribution >= 4 is 17.0 Å². The van der Waals surface area contributed by atoms with E-state index in [9.17, 15) is 0 Å². The zero-order valence-electron chi connectivity index (χ0n) is 14.2. The van der Waals surface area contributed by atoms with Gasteiger partial charge < -0.3 is 18.9 Å². The molecule has 0 aliphatic carbocycles. The Balaban J connectivity index is 1.38. The van der Waals surface area contributed by atoms with Gasteiger partial charge in [0.25, 0.3) is 0 Å². The molecule has 4 rings (SSSR count). The van der Waals surface area contributed by atoms with Crippen LogP contribution in [-0.4, -0.2) is 58.0 Å². The van der Waals surface area contributed by atoms with Crippen molar-refractivity contribution in [3.05, 3.63) is 12.7 Å². The number of rotatable bonds is 5. The van der Waals surface area contributed by atoms with Crippen LogP contribution in [0.5, 0.6) is 0 Å². The standard InChI is InChI=1S/C17H25N5O2/c1-2-21-12-20-15-16(21)18-11-19-17(15)22-7-5-13(6-8-22)24-10-14-4-3-9-23-14/h11-14H,2-10H2,1H3. The molecule has 0 saturated carbocycles. The molecule has 2 aromatic heterocycles. The van der Waals surface area contributed by atoms with Crippen LogP contribution in [-0.2, 0) is 16.0 Å². The summed E-state index contributed by atoms with van der Waals surface area (Å²) in [5, 5.41) is 0. The number of piperidine rings is 1. The molecule has 0 aromatic carbocycles. The molecule has 130 valence electrons. The first-order valence-corrected chi connectivity index (χ1v) is 8.99. The van der Waals surface area contributed by atoms with E-state index >= 15 is 0 Å². The number of ether oxygens (including phenoxy) is 2. The molecule has 0 radical (unpaired) electrons. The first kappa shape index (κ1) is 15.8. The minimum atomic E-state index is 0.308. The second kappa shape index (κ2) is 7.03. The van der Waals surface area contributed by atoms with E-state index in [1.165, 1.54) is 6.42 Å². The zero-order valence-corrected chi connectivity index (χ0v) is 14.2. The van der Waals surface area contributed by atoms with E-state index in [0.29, 0.717) is 12.2 Å². The summed E-state index contributed by atoms with van der Waals surface area (Å²) in [4.78, 5) is 15.7. The second-order valence-electron chi connectivity index (χ2n) is 6.55. The predicted octanol–water partition coefficient (Wildman–Crippen LogP) is 2.01. The highest BCUT2D eigenvalue weighted by atomic mass is 16.5. The van der Waals surface area contributed by atoms with Crippen LogP contribution in [0.3, 0.4) is 0 Å². The molecule has 4 heterocycles. The summed E-state index contributed by atoms with van der Waals surface area (Å²) in [5.74, 6) is 0.949. The SMILES string of the molecule is CCn1cnc2c(N3CCC(OCC4CCCO4)CC3)ncnc21. The van der Waals surface area contributed by atoms with Crippen LogP contribution in [0, 0.1) is 0 Å². The molecule has 7 heteroatoms. The van der Waals surface area contributed by atoms with Crippen molar-refractivity contribution in [2.24, 2.45) is 0 Å². The lowest BCUT2D eigenvalue weighted by molar-refractivity contribution is -0.0280. The average molecular weight is 331 g/mol. The smallest absolute Gasteiger partial charge is 0.165 e. The molecule has 0 bridgehead atoms. The Morgan fingerprint density at radius 1 is 1.21 bits per heavy atom. The number of aryl methyl sites for hydroxylation is 1. The monoisotopic (exact) mass is 331 g/mol. The molecule has 2 saturated heterocycles. The maximum absolute atomic E-state index is 6.06. The van der Waals surface area contributed by atoms with Gasteiger partial charge in [-0.3, -0.25) is 0 Å². The molecule has 2 fully saturated rings. The number of hydrogen-bond donors (Lipinski definition) is 0. The molecule has 0 amide bonds. The van der Waals surface area contributed by atoms with Crippen molar-refractivity contribution in [2.75, 3.05) is 31.2 Å². The number of imidazole rings is 1. The fourth-order valence-electron chi connectivity index (χ4n) is 3.58. The van der Waals surface area contributed by atoms with Crippen LogP contribution in [0.2, 0.25) is 0 Å². The summed E-state index contributed by atoms with van der Waals surface area (Å²) >= 11 is 0. The third-order valence-corrected chi connectivity index (χ3v) is 5.01. The van der Waals surface area contributed by atoms with Crippen LogP contribution < -0.4 is 4.90 Å². The van der Waals surface area contributed by atoms with Gasteiger partial charge in [-0.25, -0.2) is 15.0 Å². The molecular weight excluding hydrogens is 306 g/mol. The van der Waals surface area contributed by atoms with Gasteiger partial charge in [0, 0.05) is 26.2 Å². The van der Waals surface area contributed by atoms with Gasteiger partial charge in [-0.2, -0.15) is 0 Å². The van der Waals surface area contributed by atoms with Crippen LogP contribution in [0.15, 0.2) is 12.7 Å². The normalized spacial score (nSPS) is 22.5. The van der Waals surface area contributed by atoms with Crippen molar-refractivity contribution in [1.82, 2.24) is 19.5 Å². The maximum Gasteiger partial charge on any atom is 0.165 e. The molecule has 2 aliphatic heterocycles. The van der Waals surface area contributed by atoms with Gasteiger partial charge in [0.2, 0.25) is 0 Å². The summed E-state index contributed by atoms with van der Waals surface area (Å²) in [6, 6.07) is 0. The zero-order chi connectivity index (χ0) is 16.4. The summed E-state index contributed by atoms with van der Waals surface area (Å²) in [6.07, 6.45) is 8.47. The minimum absolute atomic E-state index is 0.308. The molecule has 0 spiro atoms. The highest BCUT2D eigenvalue weighted by Gasteiger charge is 2.25. The fourth-order valence-corrected chi connectivity index (χ4v) is 3.58. The third kappa shape index (κ3) is 3.10. The highest BCUT2D eigenvalue weighted by molar-refractivity contribution is 5.83. The Morgan fingerprint density at radius 2 is 2.08 bits per heavy atom. The Hall–Kier alpha value is -1.73. The average Bonchev–Trinajstić information content (AvgIpc) is 3.29. The van der Waals surface area contributed by atoms with E-state index in [1.807, 2.05) is 6.33 Å². The largest absolute Gasteiger partial charge is 0.376 e. The van der Waals surface area contributed by atoms with Crippen molar-refractivity contribution in [3.8, 4) is 0 Å². The molecule has 7 nitrogen and oxygen atoms in total. The number of aromatic nitrogens is 4. The molecule has 24 heavy (non-hydrogen) atoms. The molecular formula is C17H25N5O2. The Bertz CT molecular complexity index is 675. The Morgan fingerprint density at radius 3 is 2.83 bits per heavy atom. The highest BCUT2D eigenvalue weighted by Crippen LogP contribution is 2.25. The fraction of sp³-hybridized carbons (Fsp3) is 0.706. The third-order valence-electron chi connectivity index (χ3n) is 5.01. The summed E-state index contributed by atoms with van der Waals surface area (Å²) in [5.41, 5.74) is 1.82. The van der Waals surface area contributed by atoms with Gasteiger partial charge in [0.1, 0.15) is 6.33 Å². The summed E-state index contributed by atoms with van der Waals surface area (Å²) in [6.45, 7) is 6.48. The number of hydrogen-bond acceptors (Lipinski definition) is 6. The lowest BCUT2D eigenvalue weighted by Gasteiger charge is -2.33. The summed E-state index contributed by atoms with van der Waals surface area (Å²) < 4.78 is 13.7. The van der Waals surface area contributed by atoms with Crippen molar-refractivity contribution < 1.29 is 9.47 Å². The van der Waals surface area contributed by atoms with E-state index in [0.717, 1.165) is 69.1 Å². The van der Waals surface area contributed by atoms with Crippen molar-refractivity contribution in [1.29, 1.82) is 0 Å². The van der Waals surface area contributed by atoms with Crippen LogP contribution in [0.1, 0.15) is 32.6 Å². The molecule has 0 N–H and O–H groups in total. The van der Waals surface area contributed by atoms with Crippen LogP contribution in [0.4, 0.5) is 5.82 Å². The number of fused-ring (bicyclic) bond motifs is 1. The minimum Gasteiger partial charge on any atom is -0.376 e. The van der Waals surface area contributed by atoms with Crippen molar-refractivity contribution in [3.63, 3.8) is 0 Å². The van der Waals surface area contributed by atoms with Gasteiger partial charge >= 0.3 is 0 Å². The van der Waals surface area contributed by atoms with Gasteiger partial charge in [-0.05, 0) is 32.6 Å². The van der Waals surface area contributed by atoms with Gasteiger partial charge in [-0.1, -0.05) is 0 Å². The number of nitrogens with zero attached hydrogens (tertiary/aromatic N) is 5. The van der Waals surface area contributed by atoms with E-state index in [1.54, 1.807) is 6.33 Å². The maximum atomic E-state index is 6.06. The van der Waals surface area contributed by atoms with Crippen LogP contribution in [0.25, 0.3) is 11.2 Å². The van der Waals surface area contributed by atoms with E-state index < -0.39 is 0 Å². The molecule has 2 aromatic rings. The molecule has 1 atom stereocenters. The van der Waals surface area contributed by atoms with E-state index in [2.05, 4.69) is 31.3 Å².